The Bertz CT molecular complexity index is 829. The van der Waals surface area contributed by atoms with Gasteiger partial charge in [0, 0.05) is 6.42 Å². The highest BCUT2D eigenvalue weighted by molar-refractivity contribution is 6.32. The molecule has 134 valence electrons. The Labute approximate surface area is 142 Å². The maximum absolute atomic E-state index is 12.7. The number of nitrogens with one attached hydrogen (secondary N) is 1. The summed E-state index contributed by atoms with van der Waals surface area (Å²) in [5, 5.41) is 28.1. The zero-order valence-electron chi connectivity index (χ0n) is 12.4. The van der Waals surface area contributed by atoms with Gasteiger partial charge in [0.1, 0.15) is 11.2 Å². The Morgan fingerprint density at radius 1 is 1.52 bits per heavy atom. The topological polar surface area (TPSA) is 117 Å². The Morgan fingerprint density at radius 3 is 2.64 bits per heavy atom. The van der Waals surface area contributed by atoms with E-state index >= 15 is 0 Å². The van der Waals surface area contributed by atoms with Gasteiger partial charge in [0.15, 0.2) is 6.20 Å². The van der Waals surface area contributed by atoms with Crippen LogP contribution in [0.5, 0.6) is 0 Å². The van der Waals surface area contributed by atoms with Gasteiger partial charge in [-0.2, -0.15) is 13.2 Å². The number of alkyl halides is 3. The van der Waals surface area contributed by atoms with Gasteiger partial charge in [0.25, 0.3) is 0 Å². The minimum atomic E-state index is -4.82. The molecule has 2 heterocycles. The fourth-order valence-electron chi connectivity index (χ4n) is 1.85. The average Bonchev–Trinajstić information content (AvgIpc) is 2.89. The van der Waals surface area contributed by atoms with Crippen LogP contribution in [-0.2, 0) is 11.0 Å². The molecule has 2 aromatic heterocycles. The second kappa shape index (κ2) is 6.55. The highest BCUT2D eigenvalue weighted by Crippen LogP contribution is 2.33. The first-order valence-electron chi connectivity index (χ1n) is 6.58. The van der Waals surface area contributed by atoms with Crippen LogP contribution in [0, 0.1) is 15.3 Å². The minimum Gasteiger partial charge on any atom is -0.710 e. The number of carbonyl (C=O) groups is 1. The molecule has 1 N–H and O–H groups in total. The van der Waals surface area contributed by atoms with Gasteiger partial charge < -0.3 is 5.21 Å². The van der Waals surface area contributed by atoms with E-state index in [0.29, 0.717) is 10.7 Å². The van der Waals surface area contributed by atoms with E-state index in [1.807, 2.05) is 0 Å². The van der Waals surface area contributed by atoms with Crippen LogP contribution in [0.3, 0.4) is 0 Å². The summed E-state index contributed by atoms with van der Waals surface area (Å²) >= 11 is 5.74. The highest BCUT2D eigenvalue weighted by Gasteiger charge is 2.36. The maximum Gasteiger partial charge on any atom is 0.419 e. The highest BCUT2D eigenvalue weighted by atomic mass is 35.5. The number of halogens is 4. The zero-order chi connectivity index (χ0) is 18.9. The lowest BCUT2D eigenvalue weighted by atomic mass is 10.2. The molecule has 0 aliphatic carbocycles. The second-order valence-electron chi connectivity index (χ2n) is 4.67. The van der Waals surface area contributed by atoms with Crippen molar-refractivity contribution in [2.75, 3.05) is 5.32 Å². The summed E-state index contributed by atoms with van der Waals surface area (Å²) in [4.78, 5) is 21.7. The van der Waals surface area contributed by atoms with Crippen molar-refractivity contribution < 1.29 is 27.6 Å². The number of anilines is 1. The summed E-state index contributed by atoms with van der Waals surface area (Å²) in [6, 6.07) is 0.476. The lowest BCUT2D eigenvalue weighted by Crippen LogP contribution is -2.35. The predicted molar refractivity (Wildman–Crippen MR) is 78.1 cm³/mol. The fraction of sp³-hybridized carbons (Fsp3) is 0.250. The third kappa shape index (κ3) is 3.63. The first kappa shape index (κ1) is 18.4. The Balaban J connectivity index is 2.66. The number of amides is 1. The molecule has 0 aromatic carbocycles. The van der Waals surface area contributed by atoms with Crippen molar-refractivity contribution in [2.24, 2.45) is 0 Å². The summed E-state index contributed by atoms with van der Waals surface area (Å²) in [6.45, 7) is 1.47. The van der Waals surface area contributed by atoms with Crippen LogP contribution in [0.4, 0.5) is 24.7 Å². The van der Waals surface area contributed by atoms with Crippen LogP contribution >= 0.6 is 11.6 Å². The van der Waals surface area contributed by atoms with Gasteiger partial charge in [0.05, 0.1) is 10.5 Å². The van der Waals surface area contributed by atoms with Crippen LogP contribution in [0.2, 0.25) is 5.02 Å². The molecule has 0 atom stereocenters. The monoisotopic (exact) mass is 379 g/mol. The minimum absolute atomic E-state index is 0.0412. The number of pyridine rings is 1. The Kier molecular flexibility index (Phi) is 4.83. The molecule has 0 saturated heterocycles. The fourth-order valence-corrected chi connectivity index (χ4v) is 2.13. The van der Waals surface area contributed by atoms with Crippen molar-refractivity contribution in [1.29, 1.82) is 0 Å². The average molecular weight is 380 g/mol. The quantitative estimate of drug-likeness (QED) is 0.379. The van der Waals surface area contributed by atoms with E-state index in [4.69, 9.17) is 11.6 Å². The molecule has 0 unspecified atom stereocenters. The molecule has 2 rings (SSSR count). The van der Waals surface area contributed by atoms with Crippen LogP contribution in [0.1, 0.15) is 18.9 Å². The van der Waals surface area contributed by atoms with Crippen LogP contribution in [0.15, 0.2) is 18.5 Å². The number of hydrogen-bond donors (Lipinski definition) is 1. The van der Waals surface area contributed by atoms with E-state index in [-0.39, 0.29) is 17.3 Å². The number of nitro groups is 1. The van der Waals surface area contributed by atoms with Crippen LogP contribution < -0.4 is 10.0 Å². The first-order valence-corrected chi connectivity index (χ1v) is 6.96. The lowest BCUT2D eigenvalue weighted by Gasteiger charge is -2.13. The van der Waals surface area contributed by atoms with E-state index in [1.54, 1.807) is 0 Å². The molecule has 25 heavy (non-hydrogen) atoms. The third-order valence-electron chi connectivity index (χ3n) is 3.01. The Morgan fingerprint density at radius 2 is 2.16 bits per heavy atom. The summed E-state index contributed by atoms with van der Waals surface area (Å²) in [5.41, 5.74) is -1.96. The first-order chi connectivity index (χ1) is 11.6. The van der Waals surface area contributed by atoms with Crippen molar-refractivity contribution in [2.45, 2.75) is 19.5 Å². The maximum atomic E-state index is 12.7. The summed E-state index contributed by atoms with van der Waals surface area (Å²) < 4.78 is 38.5. The van der Waals surface area contributed by atoms with Gasteiger partial charge in [-0.25, -0.2) is 4.73 Å². The van der Waals surface area contributed by atoms with Crippen molar-refractivity contribution >= 4 is 29.0 Å². The van der Waals surface area contributed by atoms with E-state index in [2.05, 4.69) is 10.4 Å². The summed E-state index contributed by atoms with van der Waals surface area (Å²) in [6.07, 6.45) is -3.91. The van der Waals surface area contributed by atoms with Crippen LogP contribution in [-0.4, -0.2) is 20.6 Å². The SMILES string of the molecule is CCC(=O)Nc1c([N+](=O)[O-])cnn1-c1c(Cl)cc(C(F)(F)F)c[n+]1[O-]. The number of rotatable bonds is 4. The van der Waals surface area contributed by atoms with Crippen molar-refractivity contribution in [3.8, 4) is 5.82 Å². The van der Waals surface area contributed by atoms with E-state index < -0.39 is 44.9 Å². The number of aromatic nitrogens is 3. The standard InChI is InChI=1S/C12H9ClF3N5O4/c1-2-9(22)18-10-8(21(24)25)4-17-20(10)11-7(13)3-6(5-19(11)23)12(14,15)16/h3-5H,2H2,1H3,(H,18,22). The van der Waals surface area contributed by atoms with Gasteiger partial charge in [-0.15, -0.1) is 0 Å². The summed E-state index contributed by atoms with van der Waals surface area (Å²) in [7, 11) is 0. The molecule has 2 aromatic rings. The molecule has 0 fully saturated rings. The van der Waals surface area contributed by atoms with Crippen molar-refractivity contribution in [1.82, 2.24) is 9.78 Å². The number of nitrogens with zero attached hydrogens (tertiary/aromatic N) is 4. The molecule has 0 aliphatic rings. The number of hydrogen-bond acceptors (Lipinski definition) is 5. The zero-order valence-corrected chi connectivity index (χ0v) is 13.1. The van der Waals surface area contributed by atoms with Gasteiger partial charge in [-0.1, -0.05) is 28.3 Å². The van der Waals surface area contributed by atoms with E-state index in [1.165, 1.54) is 6.92 Å². The molecule has 0 saturated carbocycles. The molecule has 9 nitrogen and oxygen atoms in total. The van der Waals surface area contributed by atoms with E-state index in [0.717, 1.165) is 6.20 Å². The molecule has 1 amide bonds. The van der Waals surface area contributed by atoms with Crippen LogP contribution in [0.25, 0.3) is 5.82 Å². The normalized spacial score (nSPS) is 11.4. The van der Waals surface area contributed by atoms with Crippen molar-refractivity contribution in [3.05, 3.63) is 44.4 Å². The van der Waals surface area contributed by atoms with Crippen molar-refractivity contribution in [3.63, 3.8) is 0 Å². The number of carbonyl (C=O) groups excluding carboxylic acids is 1. The molecule has 13 heteroatoms. The molecule has 0 bridgehead atoms. The molecule has 0 aliphatic heterocycles. The lowest BCUT2D eigenvalue weighted by molar-refractivity contribution is -0.601. The van der Waals surface area contributed by atoms with E-state index in [9.17, 15) is 33.3 Å². The smallest absolute Gasteiger partial charge is 0.419 e. The van der Waals surface area contributed by atoms with Gasteiger partial charge in [-0.05, 0) is 6.07 Å². The molecular weight excluding hydrogens is 371 g/mol. The van der Waals surface area contributed by atoms with Gasteiger partial charge in [-0.3, -0.25) is 20.2 Å². The van der Waals surface area contributed by atoms with Gasteiger partial charge in [0.2, 0.25) is 5.91 Å². The Hall–Kier alpha value is -2.89. The molecule has 0 spiro atoms. The molecule has 0 radical (unpaired) electrons. The largest absolute Gasteiger partial charge is 0.710 e. The molecular formula is C12H9ClF3N5O4. The summed E-state index contributed by atoms with van der Waals surface area (Å²) in [5.74, 6) is -1.76. The van der Waals surface area contributed by atoms with Gasteiger partial charge >= 0.3 is 23.5 Å². The third-order valence-corrected chi connectivity index (χ3v) is 3.29. The second-order valence-corrected chi connectivity index (χ2v) is 5.08. The predicted octanol–water partition coefficient (Wildman–Crippen LogP) is 2.43.